The minimum absolute atomic E-state index is 0.111. The fourth-order valence-corrected chi connectivity index (χ4v) is 5.70. The number of aromatic nitrogens is 5. The Balaban J connectivity index is 1.20. The predicted molar refractivity (Wildman–Crippen MR) is 131 cm³/mol. The lowest BCUT2D eigenvalue weighted by Crippen LogP contribution is -2.39. The third kappa shape index (κ3) is 5.43. The third-order valence-electron chi connectivity index (χ3n) is 6.41. The summed E-state index contributed by atoms with van der Waals surface area (Å²) in [5, 5.41) is 4.78. The molecular formula is C23H22F4N6O3S2. The van der Waals surface area contributed by atoms with Crippen LogP contribution in [0.15, 0.2) is 41.7 Å². The molecule has 0 aliphatic carbocycles. The van der Waals surface area contributed by atoms with E-state index in [4.69, 9.17) is 4.74 Å². The first-order valence-electron chi connectivity index (χ1n) is 11.6. The third-order valence-corrected chi connectivity index (χ3v) is 8.33. The first kappa shape index (κ1) is 26.3. The molecule has 4 aromatic rings. The van der Waals surface area contributed by atoms with E-state index in [-0.39, 0.29) is 28.4 Å². The Labute approximate surface area is 219 Å². The minimum atomic E-state index is -4.47. The van der Waals surface area contributed by atoms with Crippen LogP contribution in [0.2, 0.25) is 0 Å². The van der Waals surface area contributed by atoms with Gasteiger partial charge in [0.2, 0.25) is 10.9 Å². The zero-order valence-corrected chi connectivity index (χ0v) is 21.8. The van der Waals surface area contributed by atoms with E-state index in [1.165, 1.54) is 28.0 Å². The van der Waals surface area contributed by atoms with Crippen molar-refractivity contribution in [1.82, 2.24) is 24.6 Å². The number of piperidine rings is 1. The standard InChI is InChI=1S/C23H22F4N6O3S2/c1-13(14-5-7-32(8-6-14)20-28-10-15(11-29-20)23(25,26)27)36-22-31-33-12-19(30-21(33)37-22)17-4-3-16(9-18(17)24)38(2,34)35/h3-4,9-14H,5-8H2,1-2H3/t13-/m0/s1. The van der Waals surface area contributed by atoms with E-state index in [1.807, 2.05) is 11.8 Å². The summed E-state index contributed by atoms with van der Waals surface area (Å²) in [6, 6.07) is 3.68. The average Bonchev–Trinajstić information content (AvgIpc) is 3.41. The highest BCUT2D eigenvalue weighted by Gasteiger charge is 2.32. The highest BCUT2D eigenvalue weighted by Crippen LogP contribution is 2.32. The average molecular weight is 571 g/mol. The van der Waals surface area contributed by atoms with Crippen molar-refractivity contribution in [3.05, 3.63) is 48.2 Å². The van der Waals surface area contributed by atoms with E-state index in [0.29, 0.717) is 28.9 Å². The molecule has 1 atom stereocenters. The molecule has 0 amide bonds. The van der Waals surface area contributed by atoms with Gasteiger partial charge in [-0.05, 0) is 55.2 Å². The molecule has 0 bridgehead atoms. The van der Waals surface area contributed by atoms with Gasteiger partial charge in [-0.3, -0.25) is 0 Å². The molecule has 4 heterocycles. The number of halogens is 4. The Hall–Kier alpha value is -3.33. The van der Waals surface area contributed by atoms with Crippen LogP contribution in [-0.4, -0.2) is 58.4 Å². The fourth-order valence-electron chi connectivity index (χ4n) is 4.25. The molecule has 0 unspecified atom stereocenters. The van der Waals surface area contributed by atoms with Crippen LogP contribution in [0.4, 0.5) is 23.5 Å². The van der Waals surface area contributed by atoms with Crippen molar-refractivity contribution in [1.29, 1.82) is 0 Å². The number of alkyl halides is 3. The molecule has 0 saturated carbocycles. The SMILES string of the molecule is C[C@H](Oc1nn2cc(-c3ccc(S(C)(=O)=O)cc3F)nc2s1)C1CCN(c2ncc(C(F)(F)F)cn2)CC1. The maximum Gasteiger partial charge on any atom is 0.419 e. The van der Waals surface area contributed by atoms with Crippen LogP contribution in [0, 0.1) is 11.7 Å². The van der Waals surface area contributed by atoms with Crippen molar-refractivity contribution in [3.63, 3.8) is 0 Å². The lowest BCUT2D eigenvalue weighted by Gasteiger charge is -2.34. The van der Waals surface area contributed by atoms with Gasteiger partial charge < -0.3 is 9.64 Å². The minimum Gasteiger partial charge on any atom is -0.466 e. The first-order chi connectivity index (χ1) is 17.9. The van der Waals surface area contributed by atoms with Gasteiger partial charge in [-0.25, -0.2) is 32.3 Å². The smallest absolute Gasteiger partial charge is 0.419 e. The first-order valence-corrected chi connectivity index (χ1v) is 14.3. The second-order valence-corrected chi connectivity index (χ2v) is 12.0. The van der Waals surface area contributed by atoms with Gasteiger partial charge in [0.1, 0.15) is 11.9 Å². The van der Waals surface area contributed by atoms with E-state index in [1.54, 1.807) is 6.20 Å². The zero-order valence-electron chi connectivity index (χ0n) is 20.2. The maximum absolute atomic E-state index is 14.5. The van der Waals surface area contributed by atoms with Crippen molar-refractivity contribution >= 4 is 32.1 Å². The molecule has 0 spiro atoms. The van der Waals surface area contributed by atoms with Crippen molar-refractivity contribution in [2.75, 3.05) is 24.2 Å². The van der Waals surface area contributed by atoms with E-state index in [2.05, 4.69) is 20.1 Å². The molecule has 1 aliphatic rings. The Morgan fingerprint density at radius 2 is 1.84 bits per heavy atom. The quantitative estimate of drug-likeness (QED) is 0.313. The van der Waals surface area contributed by atoms with Gasteiger partial charge in [-0.15, -0.1) is 5.10 Å². The number of fused-ring (bicyclic) bond motifs is 1. The van der Waals surface area contributed by atoms with Crippen LogP contribution in [0.25, 0.3) is 16.2 Å². The summed E-state index contributed by atoms with van der Waals surface area (Å²) < 4.78 is 83.6. The van der Waals surface area contributed by atoms with E-state index in [0.717, 1.165) is 37.6 Å². The van der Waals surface area contributed by atoms with Gasteiger partial charge in [0.05, 0.1) is 22.3 Å². The number of sulfone groups is 1. The van der Waals surface area contributed by atoms with Crippen LogP contribution in [0.3, 0.4) is 0 Å². The number of hydrogen-bond acceptors (Lipinski definition) is 9. The Bertz CT molecular complexity index is 1530. The molecule has 3 aromatic heterocycles. The predicted octanol–water partition coefficient (Wildman–Crippen LogP) is 4.49. The van der Waals surface area contributed by atoms with Gasteiger partial charge in [-0.2, -0.15) is 13.2 Å². The Morgan fingerprint density at radius 1 is 1.16 bits per heavy atom. The summed E-state index contributed by atoms with van der Waals surface area (Å²) in [6.45, 7) is 3.10. The van der Waals surface area contributed by atoms with Gasteiger partial charge in [-0.1, -0.05) is 0 Å². The van der Waals surface area contributed by atoms with E-state index in [9.17, 15) is 26.0 Å². The largest absolute Gasteiger partial charge is 0.466 e. The topological polar surface area (TPSA) is 103 Å². The number of ether oxygens (including phenoxy) is 1. The Morgan fingerprint density at radius 3 is 2.42 bits per heavy atom. The molecule has 0 N–H and O–H groups in total. The van der Waals surface area contributed by atoms with Crippen molar-refractivity contribution in [3.8, 4) is 16.5 Å². The van der Waals surface area contributed by atoms with Crippen LogP contribution in [-0.2, 0) is 16.0 Å². The van der Waals surface area contributed by atoms with Crippen LogP contribution >= 0.6 is 11.3 Å². The summed E-state index contributed by atoms with van der Waals surface area (Å²) in [5.41, 5.74) is -0.400. The number of benzene rings is 1. The van der Waals surface area contributed by atoms with Crippen molar-refractivity contribution in [2.45, 2.75) is 36.9 Å². The monoisotopic (exact) mass is 570 g/mol. The molecule has 1 aromatic carbocycles. The molecule has 202 valence electrons. The highest BCUT2D eigenvalue weighted by atomic mass is 32.2. The number of rotatable bonds is 6. The van der Waals surface area contributed by atoms with Crippen LogP contribution in [0.5, 0.6) is 5.19 Å². The number of nitrogens with zero attached hydrogens (tertiary/aromatic N) is 6. The summed E-state index contributed by atoms with van der Waals surface area (Å²) in [4.78, 5) is 14.4. The van der Waals surface area contributed by atoms with Crippen molar-refractivity contribution in [2.24, 2.45) is 5.92 Å². The second-order valence-electron chi connectivity index (χ2n) is 9.05. The van der Waals surface area contributed by atoms with E-state index >= 15 is 0 Å². The molecule has 38 heavy (non-hydrogen) atoms. The summed E-state index contributed by atoms with van der Waals surface area (Å²) in [7, 11) is -3.53. The lowest BCUT2D eigenvalue weighted by molar-refractivity contribution is -0.138. The molecular weight excluding hydrogens is 548 g/mol. The van der Waals surface area contributed by atoms with Crippen molar-refractivity contribution < 1.29 is 30.7 Å². The zero-order chi connectivity index (χ0) is 27.2. The van der Waals surface area contributed by atoms with Gasteiger partial charge in [0.25, 0.3) is 5.19 Å². The number of anilines is 1. The number of imidazole rings is 1. The molecule has 5 rings (SSSR count). The maximum atomic E-state index is 14.5. The normalized spacial score (nSPS) is 16.2. The van der Waals surface area contributed by atoms with E-state index < -0.39 is 27.4 Å². The molecule has 0 radical (unpaired) electrons. The number of hydrogen-bond donors (Lipinski definition) is 0. The molecule has 9 nitrogen and oxygen atoms in total. The highest BCUT2D eigenvalue weighted by molar-refractivity contribution is 7.90. The lowest BCUT2D eigenvalue weighted by atomic mass is 9.92. The molecule has 1 saturated heterocycles. The molecule has 15 heteroatoms. The van der Waals surface area contributed by atoms with Crippen LogP contribution in [0.1, 0.15) is 25.3 Å². The summed E-state index contributed by atoms with van der Waals surface area (Å²) in [6.07, 6.45) is 0.970. The fraction of sp³-hybridized carbons (Fsp3) is 0.391. The Kier molecular flexibility index (Phi) is 6.75. The second kappa shape index (κ2) is 9.76. The van der Waals surface area contributed by atoms with Gasteiger partial charge in [0, 0.05) is 37.3 Å². The molecule has 1 aliphatic heterocycles. The van der Waals surface area contributed by atoms with Gasteiger partial charge >= 0.3 is 6.18 Å². The van der Waals surface area contributed by atoms with Gasteiger partial charge in [0.15, 0.2) is 9.84 Å². The molecule has 1 fully saturated rings. The summed E-state index contributed by atoms with van der Waals surface area (Å²) >= 11 is 1.20. The summed E-state index contributed by atoms with van der Waals surface area (Å²) in [5.74, 6) is -0.240. The van der Waals surface area contributed by atoms with Crippen LogP contribution < -0.4 is 9.64 Å².